The lowest BCUT2D eigenvalue weighted by Gasteiger charge is -2.19. The van der Waals surface area contributed by atoms with Crippen LogP contribution in [0.15, 0.2) is 48.9 Å². The molecule has 1 amide bonds. The maximum absolute atomic E-state index is 12.6. The van der Waals surface area contributed by atoms with Crippen LogP contribution in [0, 0.1) is 0 Å². The third kappa shape index (κ3) is 6.36. The number of pyridine rings is 1. The van der Waals surface area contributed by atoms with E-state index in [1.54, 1.807) is 50.1 Å². The van der Waals surface area contributed by atoms with Crippen molar-refractivity contribution in [1.29, 1.82) is 0 Å². The normalized spacial score (nSPS) is 12.1. The van der Waals surface area contributed by atoms with E-state index >= 15 is 0 Å². The van der Waals surface area contributed by atoms with Crippen LogP contribution in [0.2, 0.25) is 0 Å². The van der Waals surface area contributed by atoms with Crippen molar-refractivity contribution in [2.45, 2.75) is 45.8 Å². The number of alkyl halides is 3. The van der Waals surface area contributed by atoms with E-state index in [1.807, 2.05) is 0 Å². The fourth-order valence-corrected chi connectivity index (χ4v) is 3.64. The molecule has 4 rings (SSSR count). The monoisotopic (exact) mass is 518 g/mol. The van der Waals surface area contributed by atoms with Gasteiger partial charge in [0, 0.05) is 18.0 Å². The number of benzene rings is 1. The van der Waals surface area contributed by atoms with Gasteiger partial charge in [-0.25, -0.2) is 14.5 Å². The van der Waals surface area contributed by atoms with Crippen LogP contribution in [0.3, 0.4) is 0 Å². The van der Waals surface area contributed by atoms with E-state index in [1.165, 1.54) is 28.9 Å². The molecule has 0 atom stereocenters. The molecular weight excluding hydrogens is 493 g/mol. The first-order valence-corrected chi connectivity index (χ1v) is 11.3. The summed E-state index contributed by atoms with van der Waals surface area (Å²) in [7, 11) is 0. The third-order valence-electron chi connectivity index (χ3n) is 5.03. The Kier molecular flexibility index (Phi) is 7.07. The van der Waals surface area contributed by atoms with Crippen LogP contribution in [0.5, 0.6) is 5.75 Å². The Morgan fingerprint density at radius 2 is 1.86 bits per heavy atom. The molecule has 0 radical (unpaired) electrons. The number of halogens is 3. The fraction of sp³-hybridized carbons (Fsp3) is 0.333. The molecule has 0 aliphatic rings. The van der Waals surface area contributed by atoms with E-state index in [0.717, 1.165) is 11.1 Å². The van der Waals surface area contributed by atoms with Gasteiger partial charge in [0.25, 0.3) is 0 Å². The van der Waals surface area contributed by atoms with Crippen molar-refractivity contribution in [2.75, 3.05) is 6.61 Å². The van der Waals surface area contributed by atoms with Gasteiger partial charge in [-0.1, -0.05) is 0 Å². The van der Waals surface area contributed by atoms with Crippen molar-refractivity contribution in [3.8, 4) is 22.6 Å². The van der Waals surface area contributed by atoms with E-state index in [0.29, 0.717) is 29.0 Å². The Hall–Kier alpha value is -4.13. The second-order valence-electron chi connectivity index (χ2n) is 9.03. The van der Waals surface area contributed by atoms with E-state index in [-0.39, 0.29) is 18.9 Å². The first kappa shape index (κ1) is 25.9. The fourth-order valence-electron chi connectivity index (χ4n) is 3.64. The summed E-state index contributed by atoms with van der Waals surface area (Å²) in [6.45, 7) is 5.47. The van der Waals surface area contributed by atoms with Gasteiger partial charge >= 0.3 is 12.5 Å². The minimum atomic E-state index is -4.81. The molecule has 3 aromatic heterocycles. The van der Waals surface area contributed by atoms with E-state index < -0.39 is 18.1 Å². The van der Waals surface area contributed by atoms with Gasteiger partial charge in [0.15, 0.2) is 5.65 Å². The Bertz CT molecular complexity index is 1390. The highest BCUT2D eigenvalue weighted by Gasteiger charge is 2.31. The summed E-state index contributed by atoms with van der Waals surface area (Å²) >= 11 is 0. The number of aliphatic hydroxyl groups excluding tert-OH is 1. The predicted octanol–water partition coefficient (Wildman–Crippen LogP) is 4.20. The van der Waals surface area contributed by atoms with Crippen LogP contribution in [0.1, 0.15) is 26.5 Å². The maximum atomic E-state index is 12.6. The molecule has 0 unspecified atom stereocenters. The van der Waals surface area contributed by atoms with Crippen molar-refractivity contribution in [3.05, 3.63) is 54.6 Å². The Morgan fingerprint density at radius 1 is 1.14 bits per heavy atom. The Balaban J connectivity index is 1.77. The molecule has 2 N–H and O–H groups in total. The lowest BCUT2D eigenvalue weighted by Crippen LogP contribution is -2.32. The average molecular weight is 518 g/mol. The topological polar surface area (TPSA) is 116 Å². The Labute approximate surface area is 209 Å². The zero-order chi connectivity index (χ0) is 26.8. The van der Waals surface area contributed by atoms with Gasteiger partial charge < -0.3 is 19.9 Å². The lowest BCUT2D eigenvalue weighted by atomic mass is 10.1. The third-order valence-corrected chi connectivity index (χ3v) is 5.03. The number of carbonyl (C=O) groups excluding carboxylic acids is 1. The summed E-state index contributed by atoms with van der Waals surface area (Å²) in [5, 5.41) is 21.4. The number of aromatic nitrogens is 5. The van der Waals surface area contributed by atoms with Crippen LogP contribution in [-0.4, -0.2) is 54.3 Å². The number of carbonyl (C=O) groups is 1. The molecule has 0 aliphatic carbocycles. The van der Waals surface area contributed by atoms with Crippen molar-refractivity contribution in [1.82, 2.24) is 29.9 Å². The van der Waals surface area contributed by atoms with Crippen LogP contribution in [-0.2, 0) is 17.8 Å². The number of nitrogens with zero attached hydrogens (tertiary/aromatic N) is 5. The van der Waals surface area contributed by atoms with Crippen LogP contribution in [0.25, 0.3) is 27.8 Å². The van der Waals surface area contributed by atoms with Gasteiger partial charge in [0.05, 0.1) is 42.7 Å². The minimum absolute atomic E-state index is 0.00283. The molecule has 0 spiro atoms. The molecule has 0 bridgehead atoms. The van der Waals surface area contributed by atoms with Crippen molar-refractivity contribution in [2.24, 2.45) is 0 Å². The smallest absolute Gasteiger partial charge is 0.444 e. The summed E-state index contributed by atoms with van der Waals surface area (Å²) < 4.78 is 50.0. The number of hydrogen-bond donors (Lipinski definition) is 2. The zero-order valence-corrected chi connectivity index (χ0v) is 20.3. The molecule has 196 valence electrons. The number of rotatable bonds is 7. The van der Waals surface area contributed by atoms with Crippen molar-refractivity contribution >= 4 is 17.1 Å². The van der Waals surface area contributed by atoms with E-state index in [2.05, 4.69) is 25.2 Å². The van der Waals surface area contributed by atoms with Crippen LogP contribution < -0.4 is 10.1 Å². The molecule has 3 heterocycles. The summed E-state index contributed by atoms with van der Waals surface area (Å²) in [5.41, 5.74) is 2.06. The number of ether oxygens (including phenoxy) is 2. The molecule has 37 heavy (non-hydrogen) atoms. The molecule has 4 aromatic rings. The maximum Gasteiger partial charge on any atom is 0.573 e. The van der Waals surface area contributed by atoms with Gasteiger partial charge in [0.1, 0.15) is 11.4 Å². The number of aliphatic hydroxyl groups is 1. The Morgan fingerprint density at radius 3 is 2.51 bits per heavy atom. The first-order valence-electron chi connectivity index (χ1n) is 11.3. The number of fused-ring (bicyclic) bond motifs is 1. The standard InChI is InChI=1S/C24H25F3N6O4/c1-23(2,3)37-22(35)29-13-19-20-18(15-12-30-32(14-15)10-11-34)8-9-28-21(20)33(31-19)16-4-6-17(7-5-16)36-24(25,26)27/h4-9,12,14,34H,10-11,13H2,1-3H3,(H,29,35). The summed E-state index contributed by atoms with van der Waals surface area (Å²) in [4.78, 5) is 16.8. The molecule has 0 fully saturated rings. The second-order valence-corrected chi connectivity index (χ2v) is 9.03. The molecule has 13 heteroatoms. The van der Waals surface area contributed by atoms with Crippen LogP contribution in [0.4, 0.5) is 18.0 Å². The SMILES string of the molecule is CC(C)(C)OC(=O)NCc1nn(-c2ccc(OC(F)(F)F)cc2)c2nccc(-c3cnn(CCO)c3)c12. The largest absolute Gasteiger partial charge is 0.573 e. The number of hydrogen-bond acceptors (Lipinski definition) is 7. The second kappa shape index (κ2) is 10.1. The number of alkyl carbamates (subject to hydrolysis) is 1. The summed E-state index contributed by atoms with van der Waals surface area (Å²) in [6.07, 6.45) is -0.472. The highest BCUT2D eigenvalue weighted by atomic mass is 19.4. The molecular formula is C24H25F3N6O4. The van der Waals surface area contributed by atoms with Gasteiger partial charge in [-0.3, -0.25) is 4.68 Å². The molecule has 0 saturated heterocycles. The average Bonchev–Trinajstić information content (AvgIpc) is 3.41. The highest BCUT2D eigenvalue weighted by molar-refractivity contribution is 5.95. The van der Waals surface area contributed by atoms with E-state index in [4.69, 9.17) is 4.74 Å². The van der Waals surface area contributed by atoms with E-state index in [9.17, 15) is 23.1 Å². The quantitative estimate of drug-likeness (QED) is 0.377. The van der Waals surface area contributed by atoms with Gasteiger partial charge in [-0.2, -0.15) is 10.2 Å². The summed E-state index contributed by atoms with van der Waals surface area (Å²) in [6, 6.07) is 6.97. The number of nitrogens with one attached hydrogen (secondary N) is 1. The first-order chi connectivity index (χ1) is 17.4. The van der Waals surface area contributed by atoms with Crippen molar-refractivity contribution < 1.29 is 32.5 Å². The van der Waals surface area contributed by atoms with Gasteiger partial charge in [0.2, 0.25) is 0 Å². The minimum Gasteiger partial charge on any atom is -0.444 e. The predicted molar refractivity (Wildman–Crippen MR) is 127 cm³/mol. The van der Waals surface area contributed by atoms with Crippen LogP contribution >= 0.6 is 0 Å². The molecule has 10 nitrogen and oxygen atoms in total. The van der Waals surface area contributed by atoms with Gasteiger partial charge in [-0.15, -0.1) is 13.2 Å². The molecule has 0 aliphatic heterocycles. The molecule has 0 saturated carbocycles. The molecule has 1 aromatic carbocycles. The summed E-state index contributed by atoms with van der Waals surface area (Å²) in [5.74, 6) is -0.371. The lowest BCUT2D eigenvalue weighted by molar-refractivity contribution is -0.274. The number of amides is 1. The van der Waals surface area contributed by atoms with Gasteiger partial charge in [-0.05, 0) is 56.7 Å². The van der Waals surface area contributed by atoms with Crippen molar-refractivity contribution in [3.63, 3.8) is 0 Å². The highest BCUT2D eigenvalue weighted by Crippen LogP contribution is 2.32. The zero-order valence-electron chi connectivity index (χ0n) is 20.3.